The quantitative estimate of drug-likeness (QED) is 0.428. The number of esters is 2. The van der Waals surface area contributed by atoms with Crippen LogP contribution in [-0.4, -0.2) is 30.5 Å². The predicted octanol–water partition coefficient (Wildman–Crippen LogP) is 1.43. The molecule has 0 aliphatic heterocycles. The van der Waals surface area contributed by atoms with Crippen LogP contribution in [0.3, 0.4) is 0 Å². The Labute approximate surface area is 91.4 Å². The average Bonchev–Trinajstić information content (AvgIpc) is 2.15. The molecule has 0 fully saturated rings. The van der Waals surface area contributed by atoms with Crippen molar-refractivity contribution in [2.75, 3.05) is 18.5 Å². The Morgan fingerprint density at radius 3 is 2.50 bits per heavy atom. The number of halogens is 1. The number of hydrogen-bond donors (Lipinski definition) is 0. The van der Waals surface area contributed by atoms with Gasteiger partial charge in [-0.2, -0.15) is 0 Å². The highest BCUT2D eigenvalue weighted by Crippen LogP contribution is 1.97. The minimum Gasteiger partial charge on any atom is -0.463 e. The predicted molar refractivity (Wildman–Crippen MR) is 55.1 cm³/mol. The second-order valence-electron chi connectivity index (χ2n) is 2.40. The summed E-state index contributed by atoms with van der Waals surface area (Å²) in [4.78, 5) is 22.0. The molecule has 14 heavy (non-hydrogen) atoms. The fraction of sp³-hybridized carbons (Fsp3) is 0.556. The van der Waals surface area contributed by atoms with Gasteiger partial charge in [-0.1, -0.05) is 15.9 Å². The van der Waals surface area contributed by atoms with Gasteiger partial charge in [-0.15, -0.1) is 0 Å². The number of ether oxygens (including phenoxy) is 2. The van der Waals surface area contributed by atoms with Crippen molar-refractivity contribution in [2.45, 2.75) is 13.8 Å². The standard InChI is InChI=1S/C9H13BrO4/c1-3-13-9(12)7(2)6-8(11)14-5-4-10/h6H,3-5H2,1-2H3/b7-6-. The molecule has 0 saturated carbocycles. The van der Waals surface area contributed by atoms with Crippen LogP contribution in [0.5, 0.6) is 0 Å². The van der Waals surface area contributed by atoms with E-state index in [0.29, 0.717) is 11.9 Å². The highest BCUT2D eigenvalue weighted by molar-refractivity contribution is 9.09. The first kappa shape index (κ1) is 13.2. The van der Waals surface area contributed by atoms with Crippen molar-refractivity contribution in [3.8, 4) is 0 Å². The van der Waals surface area contributed by atoms with Gasteiger partial charge < -0.3 is 9.47 Å². The number of rotatable bonds is 5. The van der Waals surface area contributed by atoms with Crippen molar-refractivity contribution < 1.29 is 19.1 Å². The summed E-state index contributed by atoms with van der Waals surface area (Å²) < 4.78 is 9.40. The molecule has 0 aliphatic rings. The van der Waals surface area contributed by atoms with E-state index in [9.17, 15) is 9.59 Å². The van der Waals surface area contributed by atoms with Gasteiger partial charge in [-0.05, 0) is 13.8 Å². The van der Waals surface area contributed by atoms with E-state index in [2.05, 4.69) is 20.7 Å². The minimum atomic E-state index is -0.532. The van der Waals surface area contributed by atoms with Gasteiger partial charge in [0, 0.05) is 17.0 Å². The molecule has 0 rings (SSSR count). The molecule has 0 N–H and O–H groups in total. The van der Waals surface area contributed by atoms with Gasteiger partial charge in [0.2, 0.25) is 0 Å². The number of alkyl halides is 1. The van der Waals surface area contributed by atoms with E-state index in [0.717, 1.165) is 6.08 Å². The second-order valence-corrected chi connectivity index (χ2v) is 3.20. The van der Waals surface area contributed by atoms with E-state index in [1.807, 2.05) is 0 Å². The molecule has 0 amide bonds. The lowest BCUT2D eigenvalue weighted by molar-refractivity contribution is -0.140. The summed E-state index contributed by atoms with van der Waals surface area (Å²) in [7, 11) is 0. The summed E-state index contributed by atoms with van der Waals surface area (Å²) >= 11 is 3.11. The van der Waals surface area contributed by atoms with Gasteiger partial charge in [-0.3, -0.25) is 0 Å². The van der Waals surface area contributed by atoms with E-state index in [1.165, 1.54) is 6.92 Å². The van der Waals surface area contributed by atoms with Crippen LogP contribution in [0, 0.1) is 0 Å². The fourth-order valence-electron chi connectivity index (χ4n) is 0.661. The zero-order valence-electron chi connectivity index (χ0n) is 8.21. The van der Waals surface area contributed by atoms with Crippen LogP contribution >= 0.6 is 15.9 Å². The van der Waals surface area contributed by atoms with Crippen LogP contribution in [0.25, 0.3) is 0 Å². The van der Waals surface area contributed by atoms with Crippen molar-refractivity contribution in [3.05, 3.63) is 11.6 Å². The monoisotopic (exact) mass is 264 g/mol. The van der Waals surface area contributed by atoms with Crippen LogP contribution < -0.4 is 0 Å². The lowest BCUT2D eigenvalue weighted by Crippen LogP contribution is -2.09. The zero-order chi connectivity index (χ0) is 11.0. The van der Waals surface area contributed by atoms with Crippen LogP contribution in [0.2, 0.25) is 0 Å². The lowest BCUT2D eigenvalue weighted by atomic mass is 10.3. The third-order valence-corrected chi connectivity index (χ3v) is 1.58. The highest BCUT2D eigenvalue weighted by atomic mass is 79.9. The molecule has 0 unspecified atom stereocenters. The van der Waals surface area contributed by atoms with Gasteiger partial charge >= 0.3 is 11.9 Å². The van der Waals surface area contributed by atoms with Crippen molar-refractivity contribution >= 4 is 27.9 Å². The van der Waals surface area contributed by atoms with E-state index >= 15 is 0 Å². The molecule has 0 atom stereocenters. The molecular weight excluding hydrogens is 252 g/mol. The zero-order valence-corrected chi connectivity index (χ0v) is 9.80. The number of hydrogen-bond acceptors (Lipinski definition) is 4. The topological polar surface area (TPSA) is 52.6 Å². The average molecular weight is 265 g/mol. The SMILES string of the molecule is CCOC(=O)/C(C)=C\C(=O)OCCBr. The highest BCUT2D eigenvalue weighted by Gasteiger charge is 2.07. The van der Waals surface area contributed by atoms with Crippen molar-refractivity contribution in [3.63, 3.8) is 0 Å². The van der Waals surface area contributed by atoms with Crippen LogP contribution in [0.4, 0.5) is 0 Å². The first-order valence-corrected chi connectivity index (χ1v) is 5.32. The molecular formula is C9H13BrO4. The van der Waals surface area contributed by atoms with Crippen molar-refractivity contribution in [1.82, 2.24) is 0 Å². The molecule has 0 heterocycles. The van der Waals surface area contributed by atoms with E-state index < -0.39 is 11.9 Å². The van der Waals surface area contributed by atoms with E-state index in [4.69, 9.17) is 4.74 Å². The second kappa shape index (κ2) is 7.55. The summed E-state index contributed by atoms with van der Waals surface area (Å²) in [5, 5.41) is 0.574. The smallest absolute Gasteiger partial charge is 0.333 e. The third kappa shape index (κ3) is 5.75. The Bertz CT molecular complexity index is 235. The normalized spacial score (nSPS) is 10.9. The Hall–Kier alpha value is -0.840. The van der Waals surface area contributed by atoms with Gasteiger partial charge in [0.15, 0.2) is 0 Å². The molecule has 0 bridgehead atoms. The van der Waals surface area contributed by atoms with Crippen LogP contribution in [0.1, 0.15) is 13.8 Å². The van der Waals surface area contributed by atoms with E-state index in [-0.39, 0.29) is 12.2 Å². The minimum absolute atomic E-state index is 0.242. The summed E-state index contributed by atoms with van der Waals surface area (Å²) in [6, 6.07) is 0. The molecule has 0 aromatic heterocycles. The molecule has 0 spiro atoms. The molecule has 0 aliphatic carbocycles. The summed E-state index contributed by atoms with van der Waals surface area (Å²) in [5.41, 5.74) is 0.242. The fourth-order valence-corrected chi connectivity index (χ4v) is 0.823. The molecule has 80 valence electrons. The first-order chi connectivity index (χ1) is 6.61. The Balaban J connectivity index is 4.08. The maximum atomic E-state index is 11.0. The molecule has 0 aromatic carbocycles. The van der Waals surface area contributed by atoms with Gasteiger partial charge in [0.25, 0.3) is 0 Å². The summed E-state index contributed by atoms with van der Waals surface area (Å²) in [5.74, 6) is -1.03. The van der Waals surface area contributed by atoms with Gasteiger partial charge in [-0.25, -0.2) is 9.59 Å². The maximum absolute atomic E-state index is 11.0. The lowest BCUT2D eigenvalue weighted by Gasteiger charge is -2.01. The van der Waals surface area contributed by atoms with Crippen LogP contribution in [0.15, 0.2) is 11.6 Å². The van der Waals surface area contributed by atoms with Gasteiger partial charge in [0.1, 0.15) is 6.61 Å². The van der Waals surface area contributed by atoms with Crippen molar-refractivity contribution in [1.29, 1.82) is 0 Å². The Morgan fingerprint density at radius 2 is 2.00 bits per heavy atom. The maximum Gasteiger partial charge on any atom is 0.333 e. The molecule has 0 aromatic rings. The largest absolute Gasteiger partial charge is 0.463 e. The Kier molecular flexibility index (Phi) is 7.10. The Morgan fingerprint density at radius 1 is 1.36 bits per heavy atom. The molecule has 0 saturated heterocycles. The number of carbonyl (C=O) groups excluding carboxylic acids is 2. The third-order valence-electron chi connectivity index (χ3n) is 1.25. The summed E-state index contributed by atoms with van der Waals surface area (Å²) in [6.45, 7) is 3.79. The molecule has 4 nitrogen and oxygen atoms in total. The van der Waals surface area contributed by atoms with E-state index in [1.54, 1.807) is 6.92 Å². The van der Waals surface area contributed by atoms with Gasteiger partial charge in [0.05, 0.1) is 6.61 Å². The summed E-state index contributed by atoms with van der Waals surface area (Å²) in [6.07, 6.45) is 1.13. The molecule has 0 radical (unpaired) electrons. The van der Waals surface area contributed by atoms with Crippen LogP contribution in [-0.2, 0) is 19.1 Å². The number of carbonyl (C=O) groups is 2. The molecule has 5 heteroatoms. The first-order valence-electron chi connectivity index (χ1n) is 4.20. The van der Waals surface area contributed by atoms with Crippen molar-refractivity contribution in [2.24, 2.45) is 0 Å².